The minimum absolute atomic E-state index is 0.00983. The molecule has 1 aliphatic rings. The molecule has 6 heteroatoms. The third-order valence-electron chi connectivity index (χ3n) is 3.88. The molecule has 1 amide bonds. The van der Waals surface area contributed by atoms with Gasteiger partial charge in [0.15, 0.2) is 11.5 Å². The van der Waals surface area contributed by atoms with Gasteiger partial charge in [-0.3, -0.25) is 4.79 Å². The van der Waals surface area contributed by atoms with Gasteiger partial charge in [-0.1, -0.05) is 11.2 Å². The Morgan fingerprint density at radius 1 is 1.36 bits per heavy atom. The molecule has 1 aliphatic heterocycles. The van der Waals surface area contributed by atoms with Crippen LogP contribution in [0, 0.1) is 0 Å². The fourth-order valence-corrected chi connectivity index (χ4v) is 3.52. The molecule has 1 atom stereocenters. The van der Waals surface area contributed by atoms with E-state index >= 15 is 0 Å². The van der Waals surface area contributed by atoms with E-state index in [0.717, 1.165) is 23.5 Å². The van der Waals surface area contributed by atoms with E-state index in [2.05, 4.69) is 5.16 Å². The first kappa shape index (κ1) is 13.3. The number of hydrogen-bond acceptors (Lipinski definition) is 5. The van der Waals surface area contributed by atoms with Crippen molar-refractivity contribution in [3.05, 3.63) is 53.4 Å². The Hall–Kier alpha value is -2.34. The lowest BCUT2D eigenvalue weighted by Gasteiger charge is -2.21. The summed E-state index contributed by atoms with van der Waals surface area (Å²) in [6.07, 6.45) is 3.52. The van der Waals surface area contributed by atoms with E-state index < -0.39 is 0 Å². The summed E-state index contributed by atoms with van der Waals surface area (Å²) in [5.41, 5.74) is 0.349. The Morgan fingerprint density at radius 3 is 3.09 bits per heavy atom. The smallest absolute Gasteiger partial charge is 0.276 e. The average Bonchev–Trinajstić information content (AvgIpc) is 3.35. The zero-order valence-electron chi connectivity index (χ0n) is 11.8. The van der Waals surface area contributed by atoms with Gasteiger partial charge >= 0.3 is 0 Å². The van der Waals surface area contributed by atoms with Gasteiger partial charge in [0.25, 0.3) is 5.91 Å². The Kier molecular flexibility index (Phi) is 3.31. The van der Waals surface area contributed by atoms with Gasteiger partial charge in [0.2, 0.25) is 0 Å². The van der Waals surface area contributed by atoms with Gasteiger partial charge in [-0.25, -0.2) is 0 Å². The highest BCUT2D eigenvalue weighted by Crippen LogP contribution is 2.34. The molecule has 0 spiro atoms. The number of nitrogens with zero attached hydrogens (tertiary/aromatic N) is 2. The number of aromatic nitrogens is 1. The highest BCUT2D eigenvalue weighted by molar-refractivity contribution is 7.13. The van der Waals surface area contributed by atoms with E-state index in [-0.39, 0.29) is 11.9 Å². The third-order valence-corrected chi connectivity index (χ3v) is 4.76. The van der Waals surface area contributed by atoms with E-state index in [0.29, 0.717) is 18.0 Å². The first-order valence-electron chi connectivity index (χ1n) is 7.18. The fraction of sp³-hybridized carbons (Fsp3) is 0.250. The molecule has 0 bridgehead atoms. The van der Waals surface area contributed by atoms with Gasteiger partial charge in [-0.05, 0) is 36.4 Å². The summed E-state index contributed by atoms with van der Waals surface area (Å²) in [6, 6.07) is 9.35. The second-order valence-corrected chi connectivity index (χ2v) is 6.17. The molecule has 4 rings (SSSR count). The molecule has 0 saturated carbocycles. The molecule has 22 heavy (non-hydrogen) atoms. The maximum atomic E-state index is 12.7. The molecule has 5 nitrogen and oxygen atoms in total. The molecule has 0 aliphatic carbocycles. The summed E-state index contributed by atoms with van der Waals surface area (Å²) < 4.78 is 10.8. The maximum Gasteiger partial charge on any atom is 0.276 e. The lowest BCUT2D eigenvalue weighted by Crippen LogP contribution is -2.30. The summed E-state index contributed by atoms with van der Waals surface area (Å²) in [4.78, 5) is 15.5. The first-order valence-corrected chi connectivity index (χ1v) is 8.06. The zero-order valence-corrected chi connectivity index (χ0v) is 12.6. The molecule has 4 heterocycles. The van der Waals surface area contributed by atoms with E-state index in [1.165, 1.54) is 0 Å². The van der Waals surface area contributed by atoms with Crippen molar-refractivity contribution in [2.24, 2.45) is 0 Å². The van der Waals surface area contributed by atoms with Crippen LogP contribution in [0.3, 0.4) is 0 Å². The number of thiophene rings is 1. The Balaban J connectivity index is 1.59. The van der Waals surface area contributed by atoms with Gasteiger partial charge in [-0.2, -0.15) is 0 Å². The van der Waals surface area contributed by atoms with Crippen molar-refractivity contribution in [3.8, 4) is 10.6 Å². The Morgan fingerprint density at radius 2 is 2.32 bits per heavy atom. The monoisotopic (exact) mass is 314 g/mol. The highest BCUT2D eigenvalue weighted by Gasteiger charge is 2.33. The van der Waals surface area contributed by atoms with Crippen molar-refractivity contribution < 1.29 is 13.7 Å². The van der Waals surface area contributed by atoms with Gasteiger partial charge in [0.05, 0.1) is 17.2 Å². The van der Waals surface area contributed by atoms with Gasteiger partial charge in [-0.15, -0.1) is 11.3 Å². The molecule has 0 radical (unpaired) electrons. The van der Waals surface area contributed by atoms with Crippen molar-refractivity contribution in [1.29, 1.82) is 0 Å². The van der Waals surface area contributed by atoms with Crippen LogP contribution in [0.1, 0.15) is 35.1 Å². The quantitative estimate of drug-likeness (QED) is 0.734. The Labute approximate surface area is 131 Å². The summed E-state index contributed by atoms with van der Waals surface area (Å²) >= 11 is 1.56. The first-order chi connectivity index (χ1) is 10.8. The van der Waals surface area contributed by atoms with Crippen molar-refractivity contribution in [2.45, 2.75) is 18.9 Å². The topological polar surface area (TPSA) is 59.5 Å². The van der Waals surface area contributed by atoms with Gasteiger partial charge < -0.3 is 13.8 Å². The largest absolute Gasteiger partial charge is 0.467 e. The van der Waals surface area contributed by atoms with Crippen LogP contribution in [-0.2, 0) is 0 Å². The summed E-state index contributed by atoms with van der Waals surface area (Å²) in [5, 5.41) is 5.91. The highest BCUT2D eigenvalue weighted by atomic mass is 32.1. The Bertz CT molecular complexity index is 761. The number of carbonyl (C=O) groups excluding carboxylic acids is 1. The predicted molar refractivity (Wildman–Crippen MR) is 81.5 cm³/mol. The molecule has 112 valence electrons. The van der Waals surface area contributed by atoms with Crippen molar-refractivity contribution >= 4 is 17.2 Å². The van der Waals surface area contributed by atoms with Crippen LogP contribution in [0.25, 0.3) is 10.6 Å². The number of hydrogen-bond donors (Lipinski definition) is 0. The molecule has 0 N–H and O–H groups in total. The minimum atomic E-state index is -0.106. The standard InChI is InChI=1S/C16H14N2O3S/c19-16(11-10-14(21-17-11)15-6-3-9-22-15)18-7-1-4-12(18)13-5-2-8-20-13/h2-3,5-6,8-10,12H,1,4,7H2/t12-/m1/s1. The van der Waals surface area contributed by atoms with Crippen LogP contribution in [0.2, 0.25) is 0 Å². The summed E-state index contributed by atoms with van der Waals surface area (Å²) in [5.74, 6) is 1.35. The van der Waals surface area contributed by atoms with Crippen LogP contribution in [0.15, 0.2) is 50.9 Å². The van der Waals surface area contributed by atoms with E-state index in [1.54, 1.807) is 23.7 Å². The summed E-state index contributed by atoms with van der Waals surface area (Å²) in [6.45, 7) is 0.714. The second-order valence-electron chi connectivity index (χ2n) is 5.23. The van der Waals surface area contributed by atoms with Gasteiger partial charge in [0, 0.05) is 12.6 Å². The fourth-order valence-electron chi connectivity index (χ4n) is 2.84. The molecule has 0 aromatic carbocycles. The summed E-state index contributed by atoms with van der Waals surface area (Å²) in [7, 11) is 0. The number of rotatable bonds is 3. The van der Waals surface area contributed by atoms with E-state index in [9.17, 15) is 4.79 Å². The molecule has 1 saturated heterocycles. The van der Waals surface area contributed by atoms with Crippen molar-refractivity contribution in [3.63, 3.8) is 0 Å². The van der Waals surface area contributed by atoms with E-state index in [4.69, 9.17) is 8.94 Å². The number of likely N-dealkylation sites (tertiary alicyclic amines) is 1. The molecule has 1 fully saturated rings. The maximum absolute atomic E-state index is 12.7. The molecular weight excluding hydrogens is 300 g/mol. The normalized spacial score (nSPS) is 18.0. The SMILES string of the molecule is O=C(c1cc(-c2cccs2)on1)N1CCC[C@@H]1c1ccco1. The molecular formula is C16H14N2O3S. The van der Waals surface area contributed by atoms with Gasteiger partial charge in [0.1, 0.15) is 5.76 Å². The van der Waals surface area contributed by atoms with Crippen LogP contribution < -0.4 is 0 Å². The average molecular weight is 314 g/mol. The lowest BCUT2D eigenvalue weighted by atomic mass is 10.1. The van der Waals surface area contributed by atoms with Crippen molar-refractivity contribution in [2.75, 3.05) is 6.54 Å². The lowest BCUT2D eigenvalue weighted by molar-refractivity contribution is 0.0709. The number of carbonyl (C=O) groups is 1. The minimum Gasteiger partial charge on any atom is -0.467 e. The van der Waals surface area contributed by atoms with Crippen LogP contribution >= 0.6 is 11.3 Å². The molecule has 0 unspecified atom stereocenters. The van der Waals surface area contributed by atoms with Crippen molar-refractivity contribution in [1.82, 2.24) is 10.1 Å². The zero-order chi connectivity index (χ0) is 14.9. The number of amides is 1. The molecule has 3 aromatic rings. The number of furan rings is 1. The van der Waals surface area contributed by atoms with Crippen LogP contribution in [-0.4, -0.2) is 22.5 Å². The predicted octanol–water partition coefficient (Wildman–Crippen LogP) is 3.97. The second kappa shape index (κ2) is 5.46. The third kappa shape index (κ3) is 2.25. The van der Waals surface area contributed by atoms with Crippen LogP contribution in [0.5, 0.6) is 0 Å². The van der Waals surface area contributed by atoms with Crippen LogP contribution in [0.4, 0.5) is 0 Å². The van der Waals surface area contributed by atoms with E-state index in [1.807, 2.05) is 34.5 Å². The molecule has 3 aromatic heterocycles.